The van der Waals surface area contributed by atoms with Crippen molar-refractivity contribution in [2.24, 2.45) is 0 Å². The fraction of sp³-hybridized carbons (Fsp3) is 0.409. The lowest BCUT2D eigenvalue weighted by molar-refractivity contribution is 0.252. The van der Waals surface area contributed by atoms with Crippen molar-refractivity contribution in [1.29, 1.82) is 0 Å². The second-order valence-electron chi connectivity index (χ2n) is 7.25. The van der Waals surface area contributed by atoms with Crippen molar-refractivity contribution >= 4 is 51.9 Å². The van der Waals surface area contributed by atoms with Crippen LogP contribution in [0.25, 0.3) is 0 Å². The number of hydrogen-bond acceptors (Lipinski definition) is 4. The smallest absolute Gasteiger partial charge is 0.170 e. The molecule has 0 atom stereocenters. The Morgan fingerprint density at radius 3 is 2.43 bits per heavy atom. The molecule has 1 saturated heterocycles. The zero-order valence-corrected chi connectivity index (χ0v) is 19.5. The van der Waals surface area contributed by atoms with Gasteiger partial charge in [0.05, 0.1) is 12.8 Å². The van der Waals surface area contributed by atoms with E-state index in [-0.39, 0.29) is 0 Å². The van der Waals surface area contributed by atoms with Gasteiger partial charge in [0.15, 0.2) is 5.11 Å². The third-order valence-electron chi connectivity index (χ3n) is 5.11. The molecule has 0 aromatic heterocycles. The molecule has 2 N–H and O–H groups in total. The molecule has 0 bridgehead atoms. The van der Waals surface area contributed by atoms with Gasteiger partial charge in [0.1, 0.15) is 5.75 Å². The van der Waals surface area contributed by atoms with E-state index < -0.39 is 0 Å². The lowest BCUT2D eigenvalue weighted by Crippen LogP contribution is -2.46. The maximum Gasteiger partial charge on any atom is 0.170 e. The molecule has 0 saturated carbocycles. The summed E-state index contributed by atoms with van der Waals surface area (Å²) in [5.41, 5.74) is 1.98. The molecular weight excluding hydrogens is 439 g/mol. The van der Waals surface area contributed by atoms with E-state index in [1.54, 1.807) is 25.3 Å². The van der Waals surface area contributed by atoms with E-state index in [1.807, 2.05) is 12.1 Å². The second kappa shape index (κ2) is 11.6. The van der Waals surface area contributed by atoms with Crippen LogP contribution in [0, 0.1) is 0 Å². The molecule has 2 aromatic rings. The van der Waals surface area contributed by atoms with Crippen LogP contribution in [0.4, 0.5) is 11.4 Å². The van der Waals surface area contributed by atoms with Crippen LogP contribution < -0.4 is 20.3 Å². The molecule has 5 nitrogen and oxygen atoms in total. The molecule has 0 spiro atoms. The number of methoxy groups -OCH3 is 1. The van der Waals surface area contributed by atoms with Crippen molar-refractivity contribution in [3.8, 4) is 5.75 Å². The Morgan fingerprint density at radius 1 is 1.03 bits per heavy atom. The first-order chi connectivity index (χ1) is 14.5. The van der Waals surface area contributed by atoms with Crippen LogP contribution in [-0.4, -0.2) is 56.4 Å². The van der Waals surface area contributed by atoms with Gasteiger partial charge in [0.25, 0.3) is 0 Å². The van der Waals surface area contributed by atoms with Gasteiger partial charge in [0, 0.05) is 48.5 Å². The standard InChI is InChI=1S/C22H28Cl2N4OS/c1-29-21-7-3-2-6-20(21)28-12-10-27(11-13-28)9-5-4-8-25-22(30)26-19-15-17(23)14-18(24)16-19/h2-3,6-7,14-16H,4-5,8-13H2,1H3,(H2,25,26,30). The van der Waals surface area contributed by atoms with Crippen molar-refractivity contribution in [2.75, 3.05) is 56.6 Å². The number of unbranched alkanes of at least 4 members (excludes halogenated alkanes) is 1. The van der Waals surface area contributed by atoms with Crippen molar-refractivity contribution in [3.05, 3.63) is 52.5 Å². The molecule has 1 aliphatic heterocycles. The minimum absolute atomic E-state index is 0.582. The Morgan fingerprint density at radius 2 is 1.73 bits per heavy atom. The third-order valence-corrected chi connectivity index (χ3v) is 5.79. The third kappa shape index (κ3) is 6.91. The highest BCUT2D eigenvalue weighted by Gasteiger charge is 2.18. The fourth-order valence-electron chi connectivity index (χ4n) is 3.57. The monoisotopic (exact) mass is 466 g/mol. The van der Waals surface area contributed by atoms with Crippen LogP contribution in [0.5, 0.6) is 5.75 Å². The minimum atomic E-state index is 0.582. The normalized spacial score (nSPS) is 14.4. The first-order valence-electron chi connectivity index (χ1n) is 10.2. The Bertz CT molecular complexity index is 823. The Balaban J connectivity index is 1.30. The van der Waals surface area contributed by atoms with Gasteiger partial charge < -0.3 is 20.3 Å². The van der Waals surface area contributed by atoms with Crippen LogP contribution in [0.1, 0.15) is 12.8 Å². The van der Waals surface area contributed by atoms with Crippen LogP contribution in [-0.2, 0) is 0 Å². The summed E-state index contributed by atoms with van der Waals surface area (Å²) in [6, 6.07) is 13.5. The molecule has 1 heterocycles. The van der Waals surface area contributed by atoms with Gasteiger partial charge in [0.2, 0.25) is 0 Å². The number of para-hydroxylation sites is 2. The van der Waals surface area contributed by atoms with Crippen molar-refractivity contribution < 1.29 is 4.74 Å². The van der Waals surface area contributed by atoms with Gasteiger partial charge in [-0.3, -0.25) is 4.90 Å². The molecule has 2 aromatic carbocycles. The minimum Gasteiger partial charge on any atom is -0.495 e. The van der Waals surface area contributed by atoms with Gasteiger partial charge in [-0.15, -0.1) is 0 Å². The van der Waals surface area contributed by atoms with Crippen LogP contribution in [0.15, 0.2) is 42.5 Å². The molecule has 3 rings (SSSR count). The van der Waals surface area contributed by atoms with Crippen molar-refractivity contribution in [1.82, 2.24) is 10.2 Å². The summed E-state index contributed by atoms with van der Waals surface area (Å²) in [5.74, 6) is 0.946. The van der Waals surface area contributed by atoms with E-state index in [2.05, 4.69) is 32.6 Å². The van der Waals surface area contributed by atoms with Crippen molar-refractivity contribution in [3.63, 3.8) is 0 Å². The Labute approximate surface area is 194 Å². The molecule has 0 radical (unpaired) electrons. The lowest BCUT2D eigenvalue weighted by Gasteiger charge is -2.36. The van der Waals surface area contributed by atoms with E-state index in [1.165, 1.54) is 5.69 Å². The topological polar surface area (TPSA) is 39.8 Å². The SMILES string of the molecule is COc1ccccc1N1CCN(CCCCNC(=S)Nc2cc(Cl)cc(Cl)c2)CC1. The van der Waals surface area contributed by atoms with Crippen LogP contribution >= 0.6 is 35.4 Å². The number of hydrogen-bond donors (Lipinski definition) is 2. The lowest BCUT2D eigenvalue weighted by atomic mass is 10.2. The van der Waals surface area contributed by atoms with E-state index >= 15 is 0 Å². The van der Waals surface area contributed by atoms with Gasteiger partial charge in [-0.05, 0) is 61.9 Å². The average molecular weight is 467 g/mol. The zero-order valence-electron chi connectivity index (χ0n) is 17.2. The maximum atomic E-state index is 6.01. The molecule has 1 fully saturated rings. The number of nitrogens with zero attached hydrogens (tertiary/aromatic N) is 2. The van der Waals surface area contributed by atoms with E-state index in [0.717, 1.165) is 63.5 Å². The molecule has 0 amide bonds. The molecular formula is C22H28Cl2N4OS. The van der Waals surface area contributed by atoms with Gasteiger partial charge in [-0.2, -0.15) is 0 Å². The highest BCUT2D eigenvalue weighted by molar-refractivity contribution is 7.80. The summed E-state index contributed by atoms with van der Waals surface area (Å²) in [6.45, 7) is 6.12. The molecule has 1 aliphatic rings. The molecule has 0 unspecified atom stereocenters. The Kier molecular flexibility index (Phi) is 8.88. The maximum absolute atomic E-state index is 6.01. The highest BCUT2D eigenvalue weighted by atomic mass is 35.5. The van der Waals surface area contributed by atoms with E-state index in [9.17, 15) is 0 Å². The summed E-state index contributed by atoms with van der Waals surface area (Å²) in [6.07, 6.45) is 2.19. The predicted molar refractivity (Wildman–Crippen MR) is 132 cm³/mol. The van der Waals surface area contributed by atoms with Gasteiger partial charge in [-0.1, -0.05) is 35.3 Å². The first-order valence-corrected chi connectivity index (χ1v) is 11.3. The fourth-order valence-corrected chi connectivity index (χ4v) is 4.31. The summed E-state index contributed by atoms with van der Waals surface area (Å²) in [5, 5.41) is 8.11. The zero-order chi connectivity index (χ0) is 21.3. The van der Waals surface area contributed by atoms with Crippen molar-refractivity contribution in [2.45, 2.75) is 12.8 Å². The van der Waals surface area contributed by atoms with Gasteiger partial charge in [-0.25, -0.2) is 0 Å². The highest BCUT2D eigenvalue weighted by Crippen LogP contribution is 2.28. The number of benzene rings is 2. The van der Waals surface area contributed by atoms with Crippen LogP contribution in [0.3, 0.4) is 0 Å². The summed E-state index contributed by atoms with van der Waals surface area (Å²) < 4.78 is 5.49. The number of nitrogens with one attached hydrogen (secondary N) is 2. The van der Waals surface area contributed by atoms with E-state index in [0.29, 0.717) is 15.2 Å². The first kappa shape index (κ1) is 22.9. The summed E-state index contributed by atoms with van der Waals surface area (Å²) >= 11 is 17.4. The summed E-state index contributed by atoms with van der Waals surface area (Å²) in [4.78, 5) is 4.93. The largest absolute Gasteiger partial charge is 0.495 e. The number of halogens is 2. The Hall–Kier alpha value is -1.73. The summed E-state index contributed by atoms with van der Waals surface area (Å²) in [7, 11) is 1.73. The second-order valence-corrected chi connectivity index (χ2v) is 8.53. The van der Waals surface area contributed by atoms with E-state index in [4.69, 9.17) is 40.2 Å². The average Bonchev–Trinajstić information content (AvgIpc) is 2.73. The molecule has 162 valence electrons. The number of ether oxygens (including phenoxy) is 1. The molecule has 8 heteroatoms. The quantitative estimate of drug-likeness (QED) is 0.426. The number of piperazine rings is 1. The number of thiocarbonyl (C=S) groups is 1. The molecule has 0 aliphatic carbocycles. The molecule has 30 heavy (non-hydrogen) atoms. The number of rotatable bonds is 8. The van der Waals surface area contributed by atoms with Gasteiger partial charge >= 0.3 is 0 Å². The predicted octanol–water partition coefficient (Wildman–Crippen LogP) is 4.89. The van der Waals surface area contributed by atoms with Crippen LogP contribution in [0.2, 0.25) is 10.0 Å². The number of anilines is 2.